The molecule has 0 aromatic carbocycles. The maximum Gasteiger partial charge on any atom is 0.343 e. The molecule has 122 valence electrons. The summed E-state index contributed by atoms with van der Waals surface area (Å²) in [5, 5.41) is 19.3. The van der Waals surface area contributed by atoms with Gasteiger partial charge in [0.05, 0.1) is 11.7 Å². The van der Waals surface area contributed by atoms with E-state index in [0.29, 0.717) is 12.2 Å². The highest BCUT2D eigenvalue weighted by Crippen LogP contribution is 2.18. The number of hydrogen-bond acceptors (Lipinski definition) is 4. The van der Waals surface area contributed by atoms with E-state index in [0.717, 1.165) is 12.8 Å². The number of hydrogen-bond donors (Lipinski definition) is 2. The van der Waals surface area contributed by atoms with Gasteiger partial charge in [-0.25, -0.2) is 4.79 Å². The molecule has 1 aromatic heterocycles. The van der Waals surface area contributed by atoms with Crippen molar-refractivity contribution in [1.29, 1.82) is 0 Å². The van der Waals surface area contributed by atoms with E-state index < -0.39 is 11.7 Å². The molecule has 0 fully saturated rings. The van der Waals surface area contributed by atoms with E-state index in [4.69, 9.17) is 4.42 Å². The van der Waals surface area contributed by atoms with Gasteiger partial charge in [-0.1, -0.05) is 23.3 Å². The zero-order valence-electron chi connectivity index (χ0n) is 13.8. The van der Waals surface area contributed by atoms with Crippen LogP contribution in [0.1, 0.15) is 51.9 Å². The van der Waals surface area contributed by atoms with Crippen molar-refractivity contribution in [1.82, 2.24) is 0 Å². The topological polar surface area (TPSA) is 70.7 Å². The van der Waals surface area contributed by atoms with Crippen LogP contribution < -0.4 is 5.63 Å². The Hall–Kier alpha value is -1.81. The van der Waals surface area contributed by atoms with Crippen LogP contribution in [0, 0.1) is 0 Å². The molecule has 0 aliphatic heterocycles. The second-order valence-electron chi connectivity index (χ2n) is 5.99. The molecule has 1 aromatic rings. The average Bonchev–Trinajstić information content (AvgIpc) is 2.36. The molecule has 0 spiro atoms. The highest BCUT2D eigenvalue weighted by Gasteiger charge is 2.11. The predicted molar refractivity (Wildman–Crippen MR) is 88.2 cm³/mol. The lowest BCUT2D eigenvalue weighted by Crippen LogP contribution is -2.12. The number of aliphatic hydroxyl groups is 1. The van der Waals surface area contributed by atoms with Crippen molar-refractivity contribution >= 4 is 0 Å². The molecule has 0 radical (unpaired) electrons. The van der Waals surface area contributed by atoms with Gasteiger partial charge in [-0.3, -0.25) is 0 Å². The molecule has 1 rings (SSSR count). The van der Waals surface area contributed by atoms with Crippen LogP contribution in [0.15, 0.2) is 38.6 Å². The highest BCUT2D eigenvalue weighted by atomic mass is 16.4. The van der Waals surface area contributed by atoms with Crippen molar-refractivity contribution in [2.75, 3.05) is 0 Å². The SMILES string of the molecule is CC(C)=CCCC(C)=CCc1c(O)cc(CC(C)O)oc1=O. The molecule has 4 nitrogen and oxygen atoms in total. The number of aromatic hydroxyl groups is 1. The summed E-state index contributed by atoms with van der Waals surface area (Å²) in [5.74, 6) is 0.228. The van der Waals surface area contributed by atoms with Gasteiger partial charge in [0.2, 0.25) is 0 Å². The molecule has 1 atom stereocenters. The van der Waals surface area contributed by atoms with Crippen molar-refractivity contribution in [2.45, 2.75) is 59.5 Å². The lowest BCUT2D eigenvalue weighted by molar-refractivity contribution is 0.185. The molecular weight excluding hydrogens is 280 g/mol. The maximum atomic E-state index is 11.9. The van der Waals surface area contributed by atoms with Crippen molar-refractivity contribution in [2.24, 2.45) is 0 Å². The van der Waals surface area contributed by atoms with Crippen molar-refractivity contribution in [3.8, 4) is 5.75 Å². The minimum atomic E-state index is -0.620. The summed E-state index contributed by atoms with van der Waals surface area (Å²) < 4.78 is 5.13. The summed E-state index contributed by atoms with van der Waals surface area (Å²) >= 11 is 0. The highest BCUT2D eigenvalue weighted by molar-refractivity contribution is 5.32. The Kier molecular flexibility index (Phi) is 7.12. The molecule has 0 saturated heterocycles. The van der Waals surface area contributed by atoms with Crippen LogP contribution in [-0.4, -0.2) is 16.3 Å². The largest absolute Gasteiger partial charge is 0.507 e. The van der Waals surface area contributed by atoms with Crippen LogP contribution in [-0.2, 0) is 12.8 Å². The molecule has 0 amide bonds. The van der Waals surface area contributed by atoms with Crippen LogP contribution in [0.4, 0.5) is 0 Å². The van der Waals surface area contributed by atoms with E-state index in [1.807, 2.05) is 13.0 Å². The molecular formula is C18H26O4. The second-order valence-corrected chi connectivity index (χ2v) is 5.99. The minimum absolute atomic E-state index is 0.0692. The molecule has 1 heterocycles. The van der Waals surface area contributed by atoms with Gasteiger partial charge < -0.3 is 14.6 Å². The lowest BCUT2D eigenvalue weighted by Gasteiger charge is -2.06. The fourth-order valence-electron chi connectivity index (χ4n) is 2.10. The summed E-state index contributed by atoms with van der Waals surface area (Å²) in [6, 6.07) is 1.41. The molecule has 22 heavy (non-hydrogen) atoms. The third kappa shape index (κ3) is 6.31. The minimum Gasteiger partial charge on any atom is -0.507 e. The molecule has 0 bridgehead atoms. The van der Waals surface area contributed by atoms with Gasteiger partial charge in [-0.15, -0.1) is 0 Å². The molecule has 4 heteroatoms. The van der Waals surface area contributed by atoms with E-state index in [2.05, 4.69) is 19.9 Å². The van der Waals surface area contributed by atoms with Crippen LogP contribution in [0.3, 0.4) is 0 Å². The zero-order chi connectivity index (χ0) is 16.7. The third-order valence-electron chi connectivity index (χ3n) is 3.32. The van der Waals surface area contributed by atoms with Gasteiger partial charge in [-0.05, 0) is 40.5 Å². The molecule has 2 N–H and O–H groups in total. The van der Waals surface area contributed by atoms with E-state index in [9.17, 15) is 15.0 Å². The summed E-state index contributed by atoms with van der Waals surface area (Å²) in [5.41, 5.74) is 2.18. The quantitative estimate of drug-likeness (QED) is 0.756. The van der Waals surface area contributed by atoms with Gasteiger partial charge >= 0.3 is 5.63 Å². The Labute approximate surface area is 131 Å². The second kappa shape index (κ2) is 8.59. The Bertz CT molecular complexity index is 602. The number of allylic oxidation sites excluding steroid dienone is 4. The van der Waals surface area contributed by atoms with Gasteiger partial charge in [0.1, 0.15) is 11.5 Å². The van der Waals surface area contributed by atoms with Crippen LogP contribution in [0.25, 0.3) is 0 Å². The first-order valence-corrected chi connectivity index (χ1v) is 7.61. The van der Waals surface area contributed by atoms with Crippen molar-refractivity contribution in [3.63, 3.8) is 0 Å². The normalized spacial score (nSPS) is 13.0. The van der Waals surface area contributed by atoms with Gasteiger partial charge in [-0.2, -0.15) is 0 Å². The summed E-state index contributed by atoms with van der Waals surface area (Å²) in [6.45, 7) is 7.75. The number of aliphatic hydroxyl groups excluding tert-OH is 1. The lowest BCUT2D eigenvalue weighted by atomic mass is 10.1. The third-order valence-corrected chi connectivity index (χ3v) is 3.32. The van der Waals surface area contributed by atoms with E-state index in [1.54, 1.807) is 6.92 Å². The van der Waals surface area contributed by atoms with Crippen LogP contribution in [0.2, 0.25) is 0 Å². The van der Waals surface area contributed by atoms with Crippen molar-refractivity contribution in [3.05, 3.63) is 51.1 Å². The van der Waals surface area contributed by atoms with Crippen molar-refractivity contribution < 1.29 is 14.6 Å². The maximum absolute atomic E-state index is 11.9. The van der Waals surface area contributed by atoms with E-state index >= 15 is 0 Å². The predicted octanol–water partition coefficient (Wildman–Crippen LogP) is 3.50. The standard InChI is InChI=1S/C18H26O4/c1-12(2)6-5-7-13(3)8-9-16-17(20)11-15(10-14(4)19)22-18(16)21/h6,8,11,14,19-20H,5,7,9-10H2,1-4H3. The fourth-order valence-corrected chi connectivity index (χ4v) is 2.10. The fraction of sp³-hybridized carbons (Fsp3) is 0.500. The summed E-state index contributed by atoms with van der Waals surface area (Å²) in [4.78, 5) is 11.9. The van der Waals surface area contributed by atoms with Crippen LogP contribution >= 0.6 is 0 Å². The van der Waals surface area contributed by atoms with E-state index in [1.165, 1.54) is 17.2 Å². The molecule has 0 saturated carbocycles. The van der Waals surface area contributed by atoms with Gasteiger partial charge in [0, 0.05) is 18.9 Å². The average molecular weight is 306 g/mol. The molecule has 1 unspecified atom stereocenters. The Morgan fingerprint density at radius 2 is 2.00 bits per heavy atom. The monoisotopic (exact) mass is 306 g/mol. The first-order chi connectivity index (χ1) is 10.3. The summed E-state index contributed by atoms with van der Waals surface area (Å²) in [6.07, 6.45) is 5.96. The first kappa shape index (κ1) is 18.2. The summed E-state index contributed by atoms with van der Waals surface area (Å²) in [7, 11) is 0. The van der Waals surface area contributed by atoms with Crippen LogP contribution in [0.5, 0.6) is 5.75 Å². The Morgan fingerprint density at radius 1 is 1.32 bits per heavy atom. The smallest absolute Gasteiger partial charge is 0.343 e. The molecule has 0 aliphatic carbocycles. The Balaban J connectivity index is 2.77. The van der Waals surface area contributed by atoms with Gasteiger partial charge in [0.15, 0.2) is 0 Å². The van der Waals surface area contributed by atoms with E-state index in [-0.39, 0.29) is 17.7 Å². The first-order valence-electron chi connectivity index (χ1n) is 7.61. The molecule has 0 aliphatic rings. The zero-order valence-corrected chi connectivity index (χ0v) is 13.8. The van der Waals surface area contributed by atoms with Gasteiger partial charge in [0.25, 0.3) is 0 Å². The number of rotatable bonds is 7. The Morgan fingerprint density at radius 3 is 2.55 bits per heavy atom.